The zero-order valence-corrected chi connectivity index (χ0v) is 11.0. The van der Waals surface area contributed by atoms with Gasteiger partial charge in [0.05, 0.1) is 12.2 Å². The van der Waals surface area contributed by atoms with Gasteiger partial charge in [0, 0.05) is 24.8 Å². The van der Waals surface area contributed by atoms with Gasteiger partial charge < -0.3 is 10.6 Å². The highest BCUT2D eigenvalue weighted by Gasteiger charge is 2.02. The van der Waals surface area contributed by atoms with Gasteiger partial charge in [0.1, 0.15) is 5.82 Å². The molecule has 0 atom stereocenters. The first kappa shape index (κ1) is 14.0. The fourth-order valence-corrected chi connectivity index (χ4v) is 1.70. The fourth-order valence-electron chi connectivity index (χ4n) is 1.70. The molecule has 2 N–H and O–H groups in total. The van der Waals surface area contributed by atoms with Gasteiger partial charge in [0.2, 0.25) is 5.91 Å². The number of nitrogens with one attached hydrogen (secondary N) is 2. The zero-order chi connectivity index (χ0) is 14.2. The number of amides is 1. The maximum atomic E-state index is 12.9. The molecule has 5 heteroatoms. The van der Waals surface area contributed by atoms with E-state index in [0.29, 0.717) is 25.2 Å². The molecule has 4 nitrogen and oxygen atoms in total. The lowest BCUT2D eigenvalue weighted by Crippen LogP contribution is -2.25. The summed E-state index contributed by atoms with van der Waals surface area (Å²) in [7, 11) is 0. The topological polar surface area (TPSA) is 54.0 Å². The van der Waals surface area contributed by atoms with Crippen LogP contribution in [0, 0.1) is 5.82 Å². The highest BCUT2D eigenvalue weighted by molar-refractivity contribution is 5.76. The maximum Gasteiger partial charge on any atom is 0.222 e. The van der Waals surface area contributed by atoms with Crippen LogP contribution in [0.1, 0.15) is 12.1 Å². The molecule has 0 spiro atoms. The first-order chi connectivity index (χ1) is 9.74. The van der Waals surface area contributed by atoms with E-state index in [9.17, 15) is 9.18 Å². The van der Waals surface area contributed by atoms with Crippen molar-refractivity contribution in [3.8, 4) is 0 Å². The smallest absolute Gasteiger partial charge is 0.222 e. The van der Waals surface area contributed by atoms with Gasteiger partial charge in [-0.2, -0.15) is 0 Å². The van der Waals surface area contributed by atoms with Crippen molar-refractivity contribution in [3.63, 3.8) is 0 Å². The molecule has 0 fully saturated rings. The van der Waals surface area contributed by atoms with E-state index in [1.165, 1.54) is 12.1 Å². The molecular formula is C15H16FN3O. The molecule has 20 heavy (non-hydrogen) atoms. The van der Waals surface area contributed by atoms with Gasteiger partial charge in [-0.15, -0.1) is 0 Å². The van der Waals surface area contributed by atoms with Crippen LogP contribution < -0.4 is 10.6 Å². The van der Waals surface area contributed by atoms with Crippen LogP contribution in [-0.4, -0.2) is 17.4 Å². The number of carbonyl (C=O) groups excluding carboxylic acids is 1. The van der Waals surface area contributed by atoms with Gasteiger partial charge >= 0.3 is 0 Å². The lowest BCUT2D eigenvalue weighted by Gasteiger charge is -2.07. The number of aromatic nitrogens is 1. The molecule has 0 aliphatic carbocycles. The van der Waals surface area contributed by atoms with E-state index in [1.807, 2.05) is 18.2 Å². The maximum absolute atomic E-state index is 12.9. The van der Waals surface area contributed by atoms with Crippen LogP contribution in [0.25, 0.3) is 0 Å². The molecule has 0 radical (unpaired) electrons. The molecule has 2 aromatic rings. The van der Waals surface area contributed by atoms with Crippen molar-refractivity contribution in [2.75, 3.05) is 11.9 Å². The third-order valence-electron chi connectivity index (χ3n) is 2.70. The van der Waals surface area contributed by atoms with Crippen molar-refractivity contribution in [3.05, 3.63) is 60.2 Å². The van der Waals surface area contributed by atoms with E-state index in [1.54, 1.807) is 18.3 Å². The van der Waals surface area contributed by atoms with E-state index in [0.717, 1.165) is 5.69 Å². The van der Waals surface area contributed by atoms with Crippen LogP contribution in [0.4, 0.5) is 10.1 Å². The van der Waals surface area contributed by atoms with Crippen LogP contribution in [0.15, 0.2) is 48.7 Å². The minimum atomic E-state index is -0.297. The molecule has 1 aromatic carbocycles. The van der Waals surface area contributed by atoms with Crippen LogP contribution in [-0.2, 0) is 11.3 Å². The van der Waals surface area contributed by atoms with Crippen LogP contribution in [0.2, 0.25) is 0 Å². The Kier molecular flexibility index (Phi) is 5.06. The summed E-state index contributed by atoms with van der Waals surface area (Å²) in [4.78, 5) is 15.7. The number of carbonyl (C=O) groups is 1. The molecule has 0 saturated carbocycles. The Bertz CT molecular complexity index is 560. The lowest BCUT2D eigenvalue weighted by molar-refractivity contribution is -0.121. The average Bonchev–Trinajstić information content (AvgIpc) is 2.46. The second-order valence-corrected chi connectivity index (χ2v) is 4.28. The van der Waals surface area contributed by atoms with E-state index >= 15 is 0 Å². The van der Waals surface area contributed by atoms with E-state index in [2.05, 4.69) is 15.6 Å². The van der Waals surface area contributed by atoms with Crippen molar-refractivity contribution in [2.45, 2.75) is 13.0 Å². The molecule has 0 aliphatic heterocycles. The number of nitrogens with zero attached hydrogens (tertiary/aromatic N) is 1. The number of anilines is 1. The normalized spacial score (nSPS) is 10.1. The Morgan fingerprint density at radius 2 is 2.10 bits per heavy atom. The van der Waals surface area contributed by atoms with E-state index in [-0.39, 0.29) is 11.7 Å². The summed E-state index contributed by atoms with van der Waals surface area (Å²) in [5.74, 6) is -0.367. The number of halogens is 1. The van der Waals surface area contributed by atoms with Gasteiger partial charge in [-0.25, -0.2) is 4.39 Å². The molecule has 1 heterocycles. The molecule has 0 bridgehead atoms. The standard InChI is InChI=1S/C15H16FN3O/c16-12-4-3-6-13(10-12)18-9-7-15(20)19-11-14-5-1-2-8-17-14/h1-6,8,10,18H,7,9,11H2,(H,19,20). The third kappa shape index (κ3) is 4.68. The van der Waals surface area contributed by atoms with E-state index < -0.39 is 0 Å². The summed E-state index contributed by atoms with van der Waals surface area (Å²) in [5.41, 5.74) is 1.49. The van der Waals surface area contributed by atoms with Gasteiger partial charge in [-0.05, 0) is 30.3 Å². The Balaban J connectivity index is 1.68. The number of rotatable bonds is 6. The Morgan fingerprint density at radius 3 is 2.85 bits per heavy atom. The molecule has 0 saturated heterocycles. The first-order valence-corrected chi connectivity index (χ1v) is 6.40. The fraction of sp³-hybridized carbons (Fsp3) is 0.200. The first-order valence-electron chi connectivity index (χ1n) is 6.40. The summed E-state index contributed by atoms with van der Waals surface area (Å²) >= 11 is 0. The largest absolute Gasteiger partial charge is 0.384 e. The van der Waals surface area contributed by atoms with Crippen molar-refractivity contribution in [2.24, 2.45) is 0 Å². The van der Waals surface area contributed by atoms with Gasteiger partial charge in [-0.3, -0.25) is 9.78 Å². The van der Waals surface area contributed by atoms with Crippen LogP contribution in [0.3, 0.4) is 0 Å². The molecule has 0 unspecified atom stereocenters. The molecule has 1 amide bonds. The highest BCUT2D eigenvalue weighted by atomic mass is 19.1. The zero-order valence-electron chi connectivity index (χ0n) is 11.0. The van der Waals surface area contributed by atoms with Gasteiger partial charge in [0.15, 0.2) is 0 Å². The number of hydrogen-bond acceptors (Lipinski definition) is 3. The van der Waals surface area contributed by atoms with Gasteiger partial charge in [-0.1, -0.05) is 12.1 Å². The van der Waals surface area contributed by atoms with Crippen molar-refractivity contribution < 1.29 is 9.18 Å². The molecule has 0 aliphatic rings. The quantitative estimate of drug-likeness (QED) is 0.849. The number of benzene rings is 1. The molecule has 1 aromatic heterocycles. The molecule has 104 valence electrons. The summed E-state index contributed by atoms with van der Waals surface area (Å²) in [6.07, 6.45) is 2.01. The second-order valence-electron chi connectivity index (χ2n) is 4.28. The predicted molar refractivity (Wildman–Crippen MR) is 75.6 cm³/mol. The molecular weight excluding hydrogens is 257 g/mol. The van der Waals surface area contributed by atoms with Crippen molar-refractivity contribution >= 4 is 11.6 Å². The summed E-state index contributed by atoms with van der Waals surface area (Å²) in [6, 6.07) is 11.7. The van der Waals surface area contributed by atoms with Crippen LogP contribution in [0.5, 0.6) is 0 Å². The second kappa shape index (κ2) is 7.23. The molecule has 2 rings (SSSR count). The predicted octanol–water partition coefficient (Wildman–Crippen LogP) is 2.34. The number of hydrogen-bond donors (Lipinski definition) is 2. The van der Waals surface area contributed by atoms with E-state index in [4.69, 9.17) is 0 Å². The number of pyridine rings is 1. The Morgan fingerprint density at radius 1 is 1.20 bits per heavy atom. The highest BCUT2D eigenvalue weighted by Crippen LogP contribution is 2.08. The summed E-state index contributed by atoms with van der Waals surface area (Å²) < 4.78 is 12.9. The summed E-state index contributed by atoms with van der Waals surface area (Å²) in [6.45, 7) is 0.872. The average molecular weight is 273 g/mol. The van der Waals surface area contributed by atoms with Crippen molar-refractivity contribution in [1.29, 1.82) is 0 Å². The lowest BCUT2D eigenvalue weighted by atomic mass is 10.3. The monoisotopic (exact) mass is 273 g/mol. The Labute approximate surface area is 117 Å². The summed E-state index contributed by atoms with van der Waals surface area (Å²) in [5, 5.41) is 5.78. The third-order valence-corrected chi connectivity index (χ3v) is 2.70. The van der Waals surface area contributed by atoms with Gasteiger partial charge in [0.25, 0.3) is 0 Å². The van der Waals surface area contributed by atoms with Crippen LogP contribution >= 0.6 is 0 Å². The Hall–Kier alpha value is -2.43. The minimum absolute atomic E-state index is 0.0699. The minimum Gasteiger partial charge on any atom is -0.384 e. The van der Waals surface area contributed by atoms with Crippen molar-refractivity contribution in [1.82, 2.24) is 10.3 Å². The SMILES string of the molecule is O=C(CCNc1cccc(F)c1)NCc1ccccn1.